The predicted octanol–water partition coefficient (Wildman–Crippen LogP) is 6.89. The summed E-state index contributed by atoms with van der Waals surface area (Å²) in [6.07, 6.45) is -8.57. The number of hydrogen-bond donors (Lipinski definition) is 1. The van der Waals surface area contributed by atoms with Gasteiger partial charge in [-0.05, 0) is 30.7 Å². The lowest BCUT2D eigenvalue weighted by molar-refractivity contribution is -0.151. The van der Waals surface area contributed by atoms with Crippen molar-refractivity contribution >= 4 is 12.2 Å². The fourth-order valence-corrected chi connectivity index (χ4v) is 4.34. The van der Waals surface area contributed by atoms with Gasteiger partial charge in [0.25, 0.3) is 0 Å². The first-order chi connectivity index (χ1) is 20.3. The fraction of sp³-hybridized carbons (Fsp3) is 0.259. The first kappa shape index (κ1) is 29.7. The van der Waals surface area contributed by atoms with Crippen molar-refractivity contribution in [3.05, 3.63) is 82.4 Å². The minimum atomic E-state index is -5.18. The number of nitrogens with one attached hydrogen (secondary N) is 1. The topological polar surface area (TPSA) is 96.6 Å². The van der Waals surface area contributed by atoms with Crippen LogP contribution in [0.2, 0.25) is 0 Å². The molecule has 1 atom stereocenters. The fourth-order valence-electron chi connectivity index (χ4n) is 4.34. The lowest BCUT2D eigenvalue weighted by Gasteiger charge is -2.27. The molecule has 0 amide bonds. The number of carbonyl (C=O) groups excluding carboxylic acids is 1. The van der Waals surface area contributed by atoms with E-state index in [1.807, 2.05) is 0 Å². The second-order valence-corrected chi connectivity index (χ2v) is 9.33. The van der Waals surface area contributed by atoms with E-state index in [1.165, 1.54) is 18.3 Å². The molecule has 16 heteroatoms. The molecule has 4 aromatic rings. The number of fused-ring (bicyclic) bond motifs is 1. The second kappa shape index (κ2) is 11.1. The molecule has 43 heavy (non-hydrogen) atoms. The Morgan fingerprint density at radius 1 is 1.07 bits per heavy atom. The lowest BCUT2D eigenvalue weighted by Crippen LogP contribution is -2.33. The van der Waals surface area contributed by atoms with Crippen LogP contribution < -0.4 is 0 Å². The summed E-state index contributed by atoms with van der Waals surface area (Å²) in [7, 11) is 0. The third kappa shape index (κ3) is 5.94. The van der Waals surface area contributed by atoms with Gasteiger partial charge in [0.2, 0.25) is 6.04 Å². The molecule has 2 aromatic heterocycles. The van der Waals surface area contributed by atoms with Gasteiger partial charge in [-0.3, -0.25) is 5.01 Å². The minimum Gasteiger partial charge on any atom is -0.464 e. The number of H-pyrrole nitrogens is 1. The van der Waals surface area contributed by atoms with Gasteiger partial charge in [0, 0.05) is 11.6 Å². The Hall–Kier alpha value is -4.76. The third-order valence-corrected chi connectivity index (χ3v) is 6.36. The molecule has 2 aromatic carbocycles. The Balaban J connectivity index is 1.50. The van der Waals surface area contributed by atoms with E-state index >= 15 is 0 Å². The standard InChI is InChI=1S/C27H19F8N5O3/c1-2-8-42-25(41)23(40-12-20-19(11-36-40)37-24(38-20)15-4-3-5-17(28)22(15)29)21-10-18(39-43-21)14-7-6-13(26(30,31)32)9-16(14)27(33,34)35/h3-7,9-11,23H,2,8,12H2,1H3,(H,37,38). The summed E-state index contributed by atoms with van der Waals surface area (Å²) in [4.78, 5) is 20.2. The average Bonchev–Trinajstić information content (AvgIpc) is 3.59. The molecule has 0 bridgehead atoms. The third-order valence-electron chi connectivity index (χ3n) is 6.36. The first-order valence-corrected chi connectivity index (χ1v) is 12.5. The Bertz CT molecular complexity index is 1690. The van der Waals surface area contributed by atoms with E-state index in [0.717, 1.165) is 17.1 Å². The van der Waals surface area contributed by atoms with Crippen LogP contribution in [0.5, 0.6) is 0 Å². The van der Waals surface area contributed by atoms with Crippen molar-refractivity contribution in [1.29, 1.82) is 0 Å². The van der Waals surface area contributed by atoms with Crippen molar-refractivity contribution in [3.63, 3.8) is 0 Å². The highest BCUT2D eigenvalue weighted by molar-refractivity contribution is 5.82. The van der Waals surface area contributed by atoms with Crippen molar-refractivity contribution in [1.82, 2.24) is 20.1 Å². The normalized spacial score (nSPS) is 14.1. The zero-order valence-corrected chi connectivity index (χ0v) is 21.9. The molecule has 0 fully saturated rings. The molecule has 1 N–H and O–H groups in total. The van der Waals surface area contributed by atoms with Gasteiger partial charge in [0.15, 0.2) is 17.4 Å². The molecule has 226 valence electrons. The maximum Gasteiger partial charge on any atom is 0.417 e. The number of alkyl halides is 6. The first-order valence-electron chi connectivity index (χ1n) is 12.5. The van der Waals surface area contributed by atoms with Gasteiger partial charge < -0.3 is 14.2 Å². The van der Waals surface area contributed by atoms with Crippen molar-refractivity contribution < 1.29 is 49.2 Å². The summed E-state index contributed by atoms with van der Waals surface area (Å²) in [6, 6.07) is 4.04. The van der Waals surface area contributed by atoms with Gasteiger partial charge in [0.1, 0.15) is 17.2 Å². The van der Waals surface area contributed by atoms with Gasteiger partial charge >= 0.3 is 18.3 Å². The molecule has 1 unspecified atom stereocenters. The van der Waals surface area contributed by atoms with Gasteiger partial charge in [-0.1, -0.05) is 24.2 Å². The van der Waals surface area contributed by atoms with E-state index in [-0.39, 0.29) is 42.1 Å². The maximum absolute atomic E-state index is 14.3. The molecule has 8 nitrogen and oxygen atoms in total. The number of ether oxygens (including phenoxy) is 1. The van der Waals surface area contributed by atoms with Crippen LogP contribution in [0.4, 0.5) is 35.1 Å². The van der Waals surface area contributed by atoms with Crippen molar-refractivity contribution in [2.24, 2.45) is 5.10 Å². The van der Waals surface area contributed by atoms with Crippen LogP contribution >= 0.6 is 0 Å². The summed E-state index contributed by atoms with van der Waals surface area (Å²) in [5.41, 5.74) is -3.92. The number of rotatable bonds is 7. The molecule has 0 saturated heterocycles. The zero-order valence-electron chi connectivity index (χ0n) is 21.9. The number of hydrazone groups is 1. The maximum atomic E-state index is 14.3. The Kier molecular flexibility index (Phi) is 7.70. The summed E-state index contributed by atoms with van der Waals surface area (Å²) < 4.78 is 119. The summed E-state index contributed by atoms with van der Waals surface area (Å²) >= 11 is 0. The van der Waals surface area contributed by atoms with Crippen molar-refractivity contribution in [2.45, 2.75) is 38.3 Å². The Labute approximate surface area is 237 Å². The van der Waals surface area contributed by atoms with Gasteiger partial charge in [-0.2, -0.15) is 31.4 Å². The van der Waals surface area contributed by atoms with E-state index < -0.39 is 58.4 Å². The number of esters is 1. The number of aromatic nitrogens is 3. The Morgan fingerprint density at radius 3 is 2.53 bits per heavy atom. The summed E-state index contributed by atoms with van der Waals surface area (Å²) in [5, 5.41) is 8.91. The van der Waals surface area contributed by atoms with Crippen molar-refractivity contribution in [2.75, 3.05) is 6.61 Å². The predicted molar refractivity (Wildman–Crippen MR) is 133 cm³/mol. The highest BCUT2D eigenvalue weighted by atomic mass is 19.4. The van der Waals surface area contributed by atoms with Crippen LogP contribution in [0.25, 0.3) is 22.6 Å². The molecule has 1 aliphatic rings. The highest BCUT2D eigenvalue weighted by Gasteiger charge is 2.40. The van der Waals surface area contributed by atoms with Crippen LogP contribution in [-0.4, -0.2) is 38.9 Å². The number of aromatic amines is 1. The summed E-state index contributed by atoms with van der Waals surface area (Å²) in [5.74, 6) is -3.49. The monoisotopic (exact) mass is 613 g/mol. The molecule has 0 radical (unpaired) electrons. The SMILES string of the molecule is CCCOC(=O)C(c1cc(-c2ccc(C(F)(F)F)cc2C(F)(F)F)no1)N1Cc2[nH]c(-c3cccc(F)c3F)nc2C=N1. The zero-order chi connectivity index (χ0) is 31.1. The lowest BCUT2D eigenvalue weighted by atomic mass is 10.00. The number of hydrogen-bond acceptors (Lipinski definition) is 7. The minimum absolute atomic E-state index is 0.0238. The number of benzene rings is 2. The molecular formula is C27H19F8N5O3. The van der Waals surface area contributed by atoms with Crippen molar-refractivity contribution in [3.8, 4) is 22.6 Å². The molecule has 0 aliphatic carbocycles. The second-order valence-electron chi connectivity index (χ2n) is 9.33. The molecule has 1 aliphatic heterocycles. The van der Waals surface area contributed by atoms with E-state index in [1.54, 1.807) is 6.92 Å². The van der Waals surface area contributed by atoms with Gasteiger partial charge in [-0.25, -0.2) is 18.6 Å². The van der Waals surface area contributed by atoms with Crippen LogP contribution in [0, 0.1) is 11.6 Å². The quantitative estimate of drug-likeness (QED) is 0.180. The number of nitrogens with zero attached hydrogens (tertiary/aromatic N) is 4. The highest BCUT2D eigenvalue weighted by Crippen LogP contribution is 2.41. The number of carbonyl (C=O) groups is 1. The smallest absolute Gasteiger partial charge is 0.417 e. The van der Waals surface area contributed by atoms with Crippen LogP contribution in [0.3, 0.4) is 0 Å². The number of imidazole rings is 1. The van der Waals surface area contributed by atoms with Crippen LogP contribution in [0.15, 0.2) is 52.1 Å². The van der Waals surface area contributed by atoms with E-state index in [2.05, 4.69) is 20.2 Å². The Morgan fingerprint density at radius 2 is 1.84 bits per heavy atom. The van der Waals surface area contributed by atoms with E-state index in [9.17, 15) is 39.9 Å². The van der Waals surface area contributed by atoms with Gasteiger partial charge in [0.05, 0.1) is 41.8 Å². The van der Waals surface area contributed by atoms with E-state index in [4.69, 9.17) is 9.26 Å². The van der Waals surface area contributed by atoms with Crippen LogP contribution in [-0.2, 0) is 28.4 Å². The van der Waals surface area contributed by atoms with Gasteiger partial charge in [-0.15, -0.1) is 0 Å². The number of halogens is 8. The molecule has 3 heterocycles. The summed E-state index contributed by atoms with van der Waals surface area (Å²) in [6.45, 7) is 1.51. The molecule has 0 spiro atoms. The molecule has 0 saturated carbocycles. The van der Waals surface area contributed by atoms with Crippen LogP contribution in [0.1, 0.15) is 47.7 Å². The van der Waals surface area contributed by atoms with E-state index in [0.29, 0.717) is 24.2 Å². The molecular weight excluding hydrogens is 594 g/mol. The average molecular weight is 613 g/mol. The molecule has 5 rings (SSSR count). The largest absolute Gasteiger partial charge is 0.464 e.